The van der Waals surface area contributed by atoms with Crippen molar-refractivity contribution in [3.8, 4) is 0 Å². The van der Waals surface area contributed by atoms with Crippen LogP contribution in [0, 0.1) is 13.8 Å². The molecule has 0 saturated heterocycles. The molecule has 0 radical (unpaired) electrons. The molecule has 6 nitrogen and oxygen atoms in total. The van der Waals surface area contributed by atoms with Crippen LogP contribution in [0.5, 0.6) is 0 Å². The third-order valence-electron chi connectivity index (χ3n) is 3.37. The van der Waals surface area contributed by atoms with Gasteiger partial charge in [0.25, 0.3) is 5.91 Å². The molecular formula is C17H22N4O2S. The molecule has 1 aromatic heterocycles. The minimum Gasteiger partial charge on any atom is -0.352 e. The van der Waals surface area contributed by atoms with Crippen LogP contribution in [0.4, 0.5) is 10.5 Å². The van der Waals surface area contributed by atoms with Gasteiger partial charge in [-0.3, -0.25) is 4.79 Å². The smallest absolute Gasteiger partial charge is 0.319 e. The number of carbonyl (C=O) groups is 2. The topological polar surface area (TPSA) is 83.1 Å². The van der Waals surface area contributed by atoms with Gasteiger partial charge in [0, 0.05) is 41.8 Å². The lowest BCUT2D eigenvalue weighted by atomic mass is 10.1. The molecule has 1 aromatic carbocycles. The number of amides is 3. The summed E-state index contributed by atoms with van der Waals surface area (Å²) in [7, 11) is 0. The average molecular weight is 346 g/mol. The maximum atomic E-state index is 12.0. The molecule has 0 unspecified atom stereocenters. The Hall–Kier alpha value is -2.41. The second-order valence-corrected chi connectivity index (χ2v) is 6.70. The van der Waals surface area contributed by atoms with E-state index in [4.69, 9.17) is 0 Å². The van der Waals surface area contributed by atoms with E-state index in [1.54, 1.807) is 29.5 Å². The number of aromatic nitrogens is 1. The van der Waals surface area contributed by atoms with Crippen LogP contribution < -0.4 is 16.0 Å². The van der Waals surface area contributed by atoms with E-state index in [-0.39, 0.29) is 11.9 Å². The molecule has 2 aromatic rings. The van der Waals surface area contributed by atoms with Crippen molar-refractivity contribution >= 4 is 29.0 Å². The zero-order valence-corrected chi connectivity index (χ0v) is 14.9. The van der Waals surface area contributed by atoms with Crippen LogP contribution in [0.2, 0.25) is 0 Å². The summed E-state index contributed by atoms with van der Waals surface area (Å²) in [5, 5.41) is 9.37. The number of thiazole rings is 1. The van der Waals surface area contributed by atoms with Gasteiger partial charge in [0.15, 0.2) is 0 Å². The van der Waals surface area contributed by atoms with Crippen LogP contribution in [0.1, 0.15) is 32.7 Å². The van der Waals surface area contributed by atoms with Crippen molar-refractivity contribution in [3.63, 3.8) is 0 Å². The monoisotopic (exact) mass is 346 g/mol. The molecule has 0 atom stereocenters. The highest BCUT2D eigenvalue weighted by molar-refractivity contribution is 7.11. The predicted octanol–water partition coefficient (Wildman–Crippen LogP) is 2.87. The number of anilines is 1. The van der Waals surface area contributed by atoms with Crippen LogP contribution in [-0.2, 0) is 6.42 Å². The van der Waals surface area contributed by atoms with Crippen molar-refractivity contribution in [2.45, 2.75) is 27.2 Å². The molecule has 0 fully saturated rings. The summed E-state index contributed by atoms with van der Waals surface area (Å²) in [5.74, 6) is -0.115. The second-order valence-electron chi connectivity index (χ2n) is 5.38. The van der Waals surface area contributed by atoms with E-state index in [0.29, 0.717) is 30.8 Å². The third kappa shape index (κ3) is 5.06. The molecule has 3 N–H and O–H groups in total. The number of nitrogens with zero attached hydrogens (tertiary/aromatic N) is 1. The first-order valence-electron chi connectivity index (χ1n) is 7.84. The molecule has 0 saturated carbocycles. The highest BCUT2D eigenvalue weighted by Crippen LogP contribution is 2.16. The van der Waals surface area contributed by atoms with Crippen molar-refractivity contribution in [1.82, 2.24) is 15.6 Å². The number of carbonyl (C=O) groups excluding carboxylic acids is 2. The summed E-state index contributed by atoms with van der Waals surface area (Å²) in [6.07, 6.45) is 2.54. The lowest BCUT2D eigenvalue weighted by Gasteiger charge is -2.11. The first-order chi connectivity index (χ1) is 11.5. The predicted molar refractivity (Wildman–Crippen MR) is 96.8 cm³/mol. The highest BCUT2D eigenvalue weighted by atomic mass is 32.1. The molecular weight excluding hydrogens is 324 g/mol. The molecule has 24 heavy (non-hydrogen) atoms. The minimum atomic E-state index is -0.267. The second kappa shape index (κ2) is 8.44. The number of urea groups is 1. The maximum absolute atomic E-state index is 12.0. The van der Waals surface area contributed by atoms with Gasteiger partial charge in [-0.1, -0.05) is 0 Å². The number of benzene rings is 1. The van der Waals surface area contributed by atoms with Gasteiger partial charge in [-0.2, -0.15) is 0 Å². The molecule has 0 spiro atoms. The Morgan fingerprint density at radius 3 is 2.62 bits per heavy atom. The lowest BCUT2D eigenvalue weighted by molar-refractivity contribution is 0.0955. The third-order valence-corrected chi connectivity index (χ3v) is 4.34. The van der Waals surface area contributed by atoms with E-state index in [1.165, 1.54) is 0 Å². The highest BCUT2D eigenvalue weighted by Gasteiger charge is 2.09. The van der Waals surface area contributed by atoms with Gasteiger partial charge < -0.3 is 16.0 Å². The van der Waals surface area contributed by atoms with Crippen molar-refractivity contribution in [1.29, 1.82) is 0 Å². The fourth-order valence-corrected chi connectivity index (χ4v) is 2.96. The van der Waals surface area contributed by atoms with E-state index in [9.17, 15) is 9.59 Å². The Bertz CT molecular complexity index is 727. The Labute approximate surface area is 145 Å². The molecule has 128 valence electrons. The van der Waals surface area contributed by atoms with Crippen LogP contribution >= 0.6 is 11.3 Å². The fraction of sp³-hybridized carbons (Fsp3) is 0.353. The van der Waals surface area contributed by atoms with Crippen LogP contribution in [0.15, 0.2) is 24.4 Å². The van der Waals surface area contributed by atoms with E-state index in [0.717, 1.165) is 15.4 Å². The molecule has 1 heterocycles. The van der Waals surface area contributed by atoms with Crippen LogP contribution in [0.3, 0.4) is 0 Å². The Kier molecular flexibility index (Phi) is 6.31. The zero-order valence-electron chi connectivity index (χ0n) is 14.1. The summed E-state index contributed by atoms with van der Waals surface area (Å²) in [6, 6.07) is 4.94. The fourth-order valence-electron chi connectivity index (χ4n) is 2.17. The van der Waals surface area contributed by atoms with Crippen molar-refractivity contribution in [2.75, 3.05) is 18.4 Å². The largest absolute Gasteiger partial charge is 0.352 e. The SMILES string of the molecule is CCNC(=O)c1ccc(NC(=O)NCCc2ncc(C)s2)c(C)c1. The number of hydrogen-bond acceptors (Lipinski definition) is 4. The molecule has 0 bridgehead atoms. The van der Waals surface area contributed by atoms with Crippen molar-refractivity contribution in [2.24, 2.45) is 0 Å². The van der Waals surface area contributed by atoms with E-state index >= 15 is 0 Å². The molecule has 0 aliphatic rings. The summed E-state index contributed by atoms with van der Waals surface area (Å²) in [5.41, 5.74) is 2.11. The lowest BCUT2D eigenvalue weighted by Crippen LogP contribution is -2.30. The molecule has 3 amide bonds. The van der Waals surface area contributed by atoms with Gasteiger partial charge in [0.05, 0.1) is 5.01 Å². The summed E-state index contributed by atoms with van der Waals surface area (Å²) in [4.78, 5) is 29.2. The Morgan fingerprint density at radius 2 is 2.00 bits per heavy atom. The van der Waals surface area contributed by atoms with Gasteiger partial charge >= 0.3 is 6.03 Å². The minimum absolute atomic E-state index is 0.115. The molecule has 7 heteroatoms. The standard InChI is InChI=1S/C17H22N4O2S/c1-4-18-16(22)13-5-6-14(11(2)9-13)21-17(23)19-8-7-15-20-10-12(3)24-15/h5-6,9-10H,4,7-8H2,1-3H3,(H,18,22)(H2,19,21,23). The van der Waals surface area contributed by atoms with E-state index in [1.807, 2.05) is 27.0 Å². The Morgan fingerprint density at radius 1 is 1.21 bits per heavy atom. The van der Waals surface area contributed by atoms with Gasteiger partial charge in [0.2, 0.25) is 0 Å². The number of aryl methyl sites for hydroxylation is 2. The average Bonchev–Trinajstić information content (AvgIpc) is 2.95. The zero-order chi connectivity index (χ0) is 17.5. The Balaban J connectivity index is 1.85. The van der Waals surface area contributed by atoms with E-state index in [2.05, 4.69) is 20.9 Å². The first-order valence-corrected chi connectivity index (χ1v) is 8.66. The van der Waals surface area contributed by atoms with E-state index < -0.39 is 0 Å². The first kappa shape index (κ1) is 17.9. The number of hydrogen-bond donors (Lipinski definition) is 3. The van der Waals surface area contributed by atoms with Crippen molar-refractivity contribution < 1.29 is 9.59 Å². The van der Waals surface area contributed by atoms with Gasteiger partial charge in [-0.05, 0) is 44.5 Å². The number of nitrogens with one attached hydrogen (secondary N) is 3. The normalized spacial score (nSPS) is 10.3. The summed E-state index contributed by atoms with van der Waals surface area (Å²) in [6.45, 7) is 6.84. The summed E-state index contributed by atoms with van der Waals surface area (Å²) < 4.78 is 0. The maximum Gasteiger partial charge on any atom is 0.319 e. The number of rotatable bonds is 6. The van der Waals surface area contributed by atoms with Gasteiger partial charge in [-0.25, -0.2) is 9.78 Å². The van der Waals surface area contributed by atoms with Crippen LogP contribution in [-0.4, -0.2) is 30.0 Å². The van der Waals surface area contributed by atoms with Crippen molar-refractivity contribution in [3.05, 3.63) is 45.4 Å². The van der Waals surface area contributed by atoms with Gasteiger partial charge in [0.1, 0.15) is 0 Å². The molecule has 0 aliphatic heterocycles. The van der Waals surface area contributed by atoms with Crippen LogP contribution in [0.25, 0.3) is 0 Å². The molecule has 0 aliphatic carbocycles. The summed E-state index contributed by atoms with van der Waals surface area (Å²) >= 11 is 1.63. The quantitative estimate of drug-likeness (QED) is 0.752. The van der Waals surface area contributed by atoms with Gasteiger partial charge in [-0.15, -0.1) is 11.3 Å². The molecule has 2 rings (SSSR count).